The number of carbonyl (C=O) groups excluding carboxylic acids is 2. The first kappa shape index (κ1) is 19.3. The van der Waals surface area contributed by atoms with Crippen LogP contribution in [0.1, 0.15) is 68.3 Å². The normalized spacial score (nSPS) is 33.5. The number of aromatic nitrogens is 4. The van der Waals surface area contributed by atoms with E-state index in [-0.39, 0.29) is 23.4 Å². The number of hydrogen-bond acceptors (Lipinski definition) is 4. The molecule has 7 rings (SSSR count). The average molecular weight is 443 g/mol. The van der Waals surface area contributed by atoms with Crippen LogP contribution < -0.4 is 10.6 Å². The second-order valence-corrected chi connectivity index (χ2v) is 10.5. The summed E-state index contributed by atoms with van der Waals surface area (Å²) in [5, 5.41) is 16.0. The van der Waals surface area contributed by atoms with E-state index in [1.54, 1.807) is 30.2 Å². The molecule has 164 valence electrons. The third kappa shape index (κ3) is 3.26. The van der Waals surface area contributed by atoms with Crippen molar-refractivity contribution in [1.82, 2.24) is 30.2 Å². The molecule has 0 spiro atoms. The van der Waals surface area contributed by atoms with E-state index in [2.05, 4.69) is 20.8 Å². The minimum absolute atomic E-state index is 0.0533. The maximum absolute atomic E-state index is 13.4. The molecule has 8 nitrogen and oxygen atoms in total. The van der Waals surface area contributed by atoms with Crippen LogP contribution in [0.25, 0.3) is 5.82 Å². The van der Waals surface area contributed by atoms with Gasteiger partial charge in [-0.05, 0) is 62.7 Å². The fourth-order valence-electron chi connectivity index (χ4n) is 6.76. The summed E-state index contributed by atoms with van der Waals surface area (Å²) >= 11 is 6.10. The van der Waals surface area contributed by atoms with Crippen LogP contribution in [0.15, 0.2) is 18.6 Å². The van der Waals surface area contributed by atoms with E-state index >= 15 is 0 Å². The van der Waals surface area contributed by atoms with Crippen LogP contribution in [0.3, 0.4) is 0 Å². The van der Waals surface area contributed by atoms with Crippen molar-refractivity contribution in [3.05, 3.63) is 29.2 Å². The molecular formula is C22H27ClN6O2. The standard InChI is InChI=1S/C22H27ClN6O2/c1-12(30)27-22-6-13-4-14(7-22)19(15(5-13)8-22)26-20(31)18-10-25-29(17-2-3-17)21(18)28-11-16(23)9-24-28/h9-11,13-15,17,19H,2-8H2,1H3,(H,26,31)(H,27,30). The van der Waals surface area contributed by atoms with Crippen LogP contribution in [0.2, 0.25) is 5.02 Å². The fourth-order valence-corrected chi connectivity index (χ4v) is 6.90. The highest BCUT2D eigenvalue weighted by Crippen LogP contribution is 2.55. The van der Waals surface area contributed by atoms with Gasteiger partial charge < -0.3 is 10.6 Å². The number of carbonyl (C=O) groups is 2. The fraction of sp³-hybridized carbons (Fsp3) is 0.636. The van der Waals surface area contributed by atoms with Crippen LogP contribution in [-0.4, -0.2) is 43.0 Å². The molecule has 0 radical (unpaired) electrons. The monoisotopic (exact) mass is 442 g/mol. The van der Waals surface area contributed by atoms with Gasteiger partial charge in [0, 0.05) is 18.5 Å². The Labute approximate surface area is 185 Å². The van der Waals surface area contributed by atoms with Crippen molar-refractivity contribution in [3.8, 4) is 5.82 Å². The third-order valence-electron chi connectivity index (χ3n) is 7.69. The second-order valence-electron chi connectivity index (χ2n) is 10.1. The number of nitrogens with zero attached hydrogens (tertiary/aromatic N) is 4. The molecule has 0 saturated heterocycles. The van der Waals surface area contributed by atoms with E-state index in [9.17, 15) is 9.59 Å². The largest absolute Gasteiger partial charge is 0.351 e. The molecule has 2 aromatic rings. The van der Waals surface area contributed by atoms with Gasteiger partial charge in [0.2, 0.25) is 5.91 Å². The lowest BCUT2D eigenvalue weighted by Crippen LogP contribution is -2.66. The van der Waals surface area contributed by atoms with Crippen LogP contribution in [0, 0.1) is 17.8 Å². The maximum atomic E-state index is 13.4. The van der Waals surface area contributed by atoms with Crippen molar-refractivity contribution in [2.75, 3.05) is 0 Å². The Kier molecular flexibility index (Phi) is 4.26. The zero-order valence-electron chi connectivity index (χ0n) is 17.6. The predicted octanol–water partition coefficient (Wildman–Crippen LogP) is 2.87. The quantitative estimate of drug-likeness (QED) is 0.744. The number of nitrogens with one attached hydrogen (secondary N) is 2. The Morgan fingerprint density at radius 2 is 1.87 bits per heavy atom. The molecule has 2 unspecified atom stereocenters. The Morgan fingerprint density at radius 1 is 1.13 bits per heavy atom. The number of hydrogen-bond donors (Lipinski definition) is 2. The van der Waals surface area contributed by atoms with Crippen LogP contribution in [0.5, 0.6) is 0 Å². The lowest BCUT2D eigenvalue weighted by molar-refractivity contribution is -0.125. The summed E-state index contributed by atoms with van der Waals surface area (Å²) in [4.78, 5) is 25.2. The van der Waals surface area contributed by atoms with Gasteiger partial charge in [0.05, 0.1) is 29.7 Å². The van der Waals surface area contributed by atoms with E-state index < -0.39 is 0 Å². The van der Waals surface area contributed by atoms with Crippen molar-refractivity contribution in [2.45, 2.75) is 69.5 Å². The van der Waals surface area contributed by atoms with Crippen molar-refractivity contribution in [3.63, 3.8) is 0 Å². The molecular weight excluding hydrogens is 416 g/mol. The van der Waals surface area contributed by atoms with Crippen LogP contribution in [-0.2, 0) is 4.79 Å². The Balaban J connectivity index is 1.26. The molecule has 4 bridgehead atoms. The zero-order chi connectivity index (χ0) is 21.3. The summed E-state index contributed by atoms with van der Waals surface area (Å²) in [5.41, 5.74) is 0.467. The molecule has 31 heavy (non-hydrogen) atoms. The number of halogens is 1. The summed E-state index contributed by atoms with van der Waals surface area (Å²) in [7, 11) is 0. The van der Waals surface area contributed by atoms with Crippen molar-refractivity contribution in [2.24, 2.45) is 17.8 Å². The van der Waals surface area contributed by atoms with Gasteiger partial charge >= 0.3 is 0 Å². The van der Waals surface area contributed by atoms with E-state index in [4.69, 9.17) is 11.6 Å². The molecule has 5 aliphatic rings. The summed E-state index contributed by atoms with van der Waals surface area (Å²) in [6, 6.07) is 0.461. The SMILES string of the molecule is CC(=O)NC12CC3CC(C1)C(NC(=O)c1cnn(C4CC4)c1-n1cc(Cl)cn1)C(C3)C2. The minimum atomic E-state index is -0.0976. The highest BCUT2D eigenvalue weighted by Gasteiger charge is 2.56. The molecule has 0 aliphatic heterocycles. The summed E-state index contributed by atoms with van der Waals surface area (Å²) in [6.45, 7) is 1.61. The highest BCUT2D eigenvalue weighted by atomic mass is 35.5. The number of amides is 2. The second kappa shape index (κ2) is 6.82. The van der Waals surface area contributed by atoms with E-state index in [1.807, 2.05) is 4.68 Å². The minimum Gasteiger partial charge on any atom is -0.351 e. The smallest absolute Gasteiger partial charge is 0.256 e. The first-order chi connectivity index (χ1) is 14.9. The van der Waals surface area contributed by atoms with Crippen molar-refractivity contribution >= 4 is 23.4 Å². The average Bonchev–Trinajstić information content (AvgIpc) is 3.29. The van der Waals surface area contributed by atoms with E-state index in [0.717, 1.165) is 44.9 Å². The van der Waals surface area contributed by atoms with E-state index in [1.165, 1.54) is 0 Å². The van der Waals surface area contributed by atoms with Gasteiger partial charge in [-0.3, -0.25) is 9.59 Å². The molecule has 2 aromatic heterocycles. The molecule has 5 aliphatic carbocycles. The first-order valence-electron chi connectivity index (χ1n) is 11.3. The van der Waals surface area contributed by atoms with Gasteiger partial charge in [-0.25, -0.2) is 9.36 Å². The van der Waals surface area contributed by atoms with Gasteiger partial charge in [-0.2, -0.15) is 10.2 Å². The molecule has 9 heteroatoms. The lowest BCUT2D eigenvalue weighted by atomic mass is 9.51. The predicted molar refractivity (Wildman–Crippen MR) is 114 cm³/mol. The van der Waals surface area contributed by atoms with Gasteiger partial charge in [-0.1, -0.05) is 11.6 Å². The molecule has 5 fully saturated rings. The summed E-state index contributed by atoms with van der Waals surface area (Å²) in [6.07, 6.45) is 12.3. The Morgan fingerprint density at radius 3 is 2.48 bits per heavy atom. The Hall–Kier alpha value is -2.35. The molecule has 0 aromatic carbocycles. The summed E-state index contributed by atoms with van der Waals surface area (Å²) in [5.74, 6) is 2.10. The molecule has 2 amide bonds. The maximum Gasteiger partial charge on any atom is 0.256 e. The summed E-state index contributed by atoms with van der Waals surface area (Å²) < 4.78 is 3.56. The van der Waals surface area contributed by atoms with Gasteiger partial charge in [0.15, 0.2) is 5.82 Å². The van der Waals surface area contributed by atoms with Gasteiger partial charge in [0.25, 0.3) is 5.91 Å². The topological polar surface area (TPSA) is 93.8 Å². The van der Waals surface area contributed by atoms with E-state index in [0.29, 0.717) is 40.2 Å². The highest BCUT2D eigenvalue weighted by molar-refractivity contribution is 6.30. The van der Waals surface area contributed by atoms with Crippen molar-refractivity contribution in [1.29, 1.82) is 0 Å². The molecule has 2 atom stereocenters. The van der Waals surface area contributed by atoms with Crippen LogP contribution in [0.4, 0.5) is 0 Å². The Bertz CT molecular complexity index is 1040. The van der Waals surface area contributed by atoms with Gasteiger partial charge in [-0.15, -0.1) is 0 Å². The third-order valence-corrected chi connectivity index (χ3v) is 7.88. The van der Waals surface area contributed by atoms with Crippen LogP contribution >= 0.6 is 11.6 Å². The zero-order valence-corrected chi connectivity index (χ0v) is 18.3. The molecule has 2 N–H and O–H groups in total. The first-order valence-corrected chi connectivity index (χ1v) is 11.7. The lowest BCUT2D eigenvalue weighted by Gasteiger charge is -2.60. The van der Waals surface area contributed by atoms with Crippen molar-refractivity contribution < 1.29 is 9.59 Å². The van der Waals surface area contributed by atoms with Gasteiger partial charge in [0.1, 0.15) is 5.56 Å². The number of rotatable bonds is 5. The molecule has 2 heterocycles. The molecule has 5 saturated carbocycles.